The van der Waals surface area contributed by atoms with Crippen LogP contribution in [0.5, 0.6) is 0 Å². The molecule has 0 radical (unpaired) electrons. The second kappa shape index (κ2) is 5.86. The molecule has 0 amide bonds. The van der Waals surface area contributed by atoms with E-state index in [1.807, 2.05) is 0 Å². The summed E-state index contributed by atoms with van der Waals surface area (Å²) in [6.45, 7) is 4.10. The summed E-state index contributed by atoms with van der Waals surface area (Å²) in [5.41, 5.74) is 1.31. The van der Waals surface area contributed by atoms with E-state index in [4.69, 9.17) is 5.11 Å². The number of carboxylic acid groups (broad SMARTS) is 1. The van der Waals surface area contributed by atoms with Crippen LogP contribution < -0.4 is 0 Å². The van der Waals surface area contributed by atoms with E-state index in [-0.39, 0.29) is 0 Å². The minimum Gasteiger partial charge on any atom is -0.481 e. The summed E-state index contributed by atoms with van der Waals surface area (Å²) in [4.78, 5) is 13.2. The van der Waals surface area contributed by atoms with Crippen molar-refractivity contribution in [1.82, 2.24) is 4.90 Å². The molecule has 21 heavy (non-hydrogen) atoms. The molecule has 2 aromatic rings. The summed E-state index contributed by atoms with van der Waals surface area (Å²) >= 11 is 0. The van der Waals surface area contributed by atoms with Gasteiger partial charge in [-0.15, -0.1) is 0 Å². The number of aliphatic carboxylic acids is 1. The van der Waals surface area contributed by atoms with Crippen LogP contribution in [0.2, 0.25) is 0 Å². The van der Waals surface area contributed by atoms with Gasteiger partial charge in [-0.1, -0.05) is 36.4 Å². The van der Waals surface area contributed by atoms with Gasteiger partial charge in [0, 0.05) is 19.0 Å². The quantitative estimate of drug-likeness (QED) is 0.930. The van der Waals surface area contributed by atoms with Crippen LogP contribution >= 0.6 is 0 Å². The Morgan fingerprint density at radius 2 is 2.05 bits per heavy atom. The average molecular weight is 283 g/mol. The Labute approximate surface area is 125 Å². The Hall–Kier alpha value is -1.87. The minimum atomic E-state index is -0.680. The highest BCUT2D eigenvalue weighted by molar-refractivity contribution is 5.83. The fourth-order valence-corrected chi connectivity index (χ4v) is 3.31. The predicted molar refractivity (Wildman–Crippen MR) is 84.3 cm³/mol. The molecule has 1 fully saturated rings. The molecule has 1 aliphatic heterocycles. The van der Waals surface area contributed by atoms with E-state index in [0.717, 1.165) is 19.5 Å². The summed E-state index contributed by atoms with van der Waals surface area (Å²) in [5, 5.41) is 11.4. The molecule has 0 aromatic heterocycles. The number of rotatable bonds is 4. The Kier molecular flexibility index (Phi) is 3.93. The highest BCUT2D eigenvalue weighted by Gasteiger charge is 2.28. The molecule has 0 bridgehead atoms. The maximum absolute atomic E-state index is 10.8. The number of fused-ring (bicyclic) bond motifs is 1. The first kappa shape index (κ1) is 14.1. The lowest BCUT2D eigenvalue weighted by molar-refractivity contribution is -0.138. The van der Waals surface area contributed by atoms with Crippen molar-refractivity contribution in [2.75, 3.05) is 13.1 Å². The molecular weight excluding hydrogens is 262 g/mol. The largest absolute Gasteiger partial charge is 0.481 e. The highest BCUT2D eigenvalue weighted by Crippen LogP contribution is 2.30. The van der Waals surface area contributed by atoms with Gasteiger partial charge in [-0.3, -0.25) is 9.69 Å². The molecule has 3 heteroatoms. The molecule has 110 valence electrons. The van der Waals surface area contributed by atoms with E-state index in [1.165, 1.54) is 16.3 Å². The molecular formula is C18H21NO2. The number of likely N-dealkylation sites (tertiary alicyclic amines) is 1. The predicted octanol–water partition coefficient (Wildman–Crippen LogP) is 3.70. The van der Waals surface area contributed by atoms with Gasteiger partial charge in [0.2, 0.25) is 0 Å². The number of hydrogen-bond acceptors (Lipinski definition) is 2. The highest BCUT2D eigenvalue weighted by atomic mass is 16.4. The lowest BCUT2D eigenvalue weighted by Gasteiger charge is -2.25. The van der Waals surface area contributed by atoms with Crippen LogP contribution in [-0.4, -0.2) is 29.1 Å². The molecule has 2 aromatic carbocycles. The van der Waals surface area contributed by atoms with Crippen LogP contribution in [0.4, 0.5) is 0 Å². The van der Waals surface area contributed by atoms with Crippen LogP contribution in [0.1, 0.15) is 31.4 Å². The number of carboxylic acids is 1. The van der Waals surface area contributed by atoms with Gasteiger partial charge in [0.05, 0.1) is 0 Å². The molecule has 0 spiro atoms. The Bertz CT molecular complexity index is 652. The third kappa shape index (κ3) is 3.08. The molecule has 1 heterocycles. The van der Waals surface area contributed by atoms with Crippen LogP contribution in [0.15, 0.2) is 42.5 Å². The van der Waals surface area contributed by atoms with Crippen molar-refractivity contribution in [3.05, 3.63) is 48.0 Å². The molecule has 1 aliphatic rings. The van der Waals surface area contributed by atoms with Crippen molar-refractivity contribution in [1.29, 1.82) is 0 Å². The second-order valence-corrected chi connectivity index (χ2v) is 6.03. The molecule has 3 nitrogen and oxygen atoms in total. The van der Waals surface area contributed by atoms with E-state index in [0.29, 0.717) is 18.4 Å². The molecule has 3 rings (SSSR count). The van der Waals surface area contributed by atoms with E-state index < -0.39 is 5.97 Å². The Morgan fingerprint density at radius 3 is 2.81 bits per heavy atom. The van der Waals surface area contributed by atoms with Crippen LogP contribution in [0.25, 0.3) is 10.8 Å². The van der Waals surface area contributed by atoms with Gasteiger partial charge in [0.1, 0.15) is 0 Å². The molecule has 1 N–H and O–H groups in total. The number of nitrogens with zero attached hydrogens (tertiary/aromatic N) is 1. The van der Waals surface area contributed by atoms with E-state index in [1.54, 1.807) is 0 Å². The van der Waals surface area contributed by atoms with Crippen molar-refractivity contribution in [2.24, 2.45) is 5.92 Å². The number of hydrogen-bond donors (Lipinski definition) is 1. The van der Waals surface area contributed by atoms with E-state index in [2.05, 4.69) is 54.3 Å². The topological polar surface area (TPSA) is 40.5 Å². The van der Waals surface area contributed by atoms with Gasteiger partial charge in [-0.2, -0.15) is 0 Å². The fraction of sp³-hybridized carbons (Fsp3) is 0.389. The normalized spacial score (nSPS) is 20.7. The molecule has 0 saturated carbocycles. The summed E-state index contributed by atoms with van der Waals surface area (Å²) in [7, 11) is 0. The van der Waals surface area contributed by atoms with Gasteiger partial charge in [-0.05, 0) is 48.2 Å². The first-order valence-corrected chi connectivity index (χ1v) is 7.58. The second-order valence-electron chi connectivity index (χ2n) is 6.03. The summed E-state index contributed by atoms with van der Waals surface area (Å²) in [6.07, 6.45) is 1.28. The monoisotopic (exact) mass is 283 g/mol. The van der Waals surface area contributed by atoms with Crippen LogP contribution in [0, 0.1) is 5.92 Å². The standard InChI is InChI=1S/C18H21NO2/c1-13(19-9-8-14(12-19)10-18(20)21)16-7-6-15-4-2-3-5-17(15)11-16/h2-7,11,13-14H,8-10,12H2,1H3,(H,20,21). The van der Waals surface area contributed by atoms with Gasteiger partial charge >= 0.3 is 5.97 Å². The number of benzene rings is 2. The van der Waals surface area contributed by atoms with Crippen molar-refractivity contribution in [2.45, 2.75) is 25.8 Å². The van der Waals surface area contributed by atoms with Gasteiger partial charge in [0.15, 0.2) is 0 Å². The third-order valence-corrected chi connectivity index (χ3v) is 4.58. The van der Waals surface area contributed by atoms with Crippen LogP contribution in [-0.2, 0) is 4.79 Å². The zero-order valence-corrected chi connectivity index (χ0v) is 12.3. The fourth-order valence-electron chi connectivity index (χ4n) is 3.31. The molecule has 0 aliphatic carbocycles. The Morgan fingerprint density at radius 1 is 1.29 bits per heavy atom. The first-order valence-electron chi connectivity index (χ1n) is 7.58. The molecule has 2 atom stereocenters. The summed E-state index contributed by atoms with van der Waals surface area (Å²) < 4.78 is 0. The van der Waals surface area contributed by atoms with Crippen molar-refractivity contribution in [3.8, 4) is 0 Å². The lowest BCUT2D eigenvalue weighted by atomic mass is 10.0. The maximum atomic E-state index is 10.8. The molecule has 1 saturated heterocycles. The maximum Gasteiger partial charge on any atom is 0.303 e. The van der Waals surface area contributed by atoms with Crippen molar-refractivity contribution >= 4 is 16.7 Å². The third-order valence-electron chi connectivity index (χ3n) is 4.58. The van der Waals surface area contributed by atoms with E-state index >= 15 is 0 Å². The SMILES string of the molecule is CC(c1ccc2ccccc2c1)N1CCC(CC(=O)O)C1. The van der Waals surface area contributed by atoms with E-state index in [9.17, 15) is 4.79 Å². The first-order chi connectivity index (χ1) is 10.1. The van der Waals surface area contributed by atoms with Crippen molar-refractivity contribution < 1.29 is 9.90 Å². The average Bonchev–Trinajstić information content (AvgIpc) is 2.93. The Balaban J connectivity index is 1.75. The number of carbonyl (C=O) groups is 1. The minimum absolute atomic E-state index is 0.293. The summed E-state index contributed by atoms with van der Waals surface area (Å²) in [5.74, 6) is -0.384. The van der Waals surface area contributed by atoms with Gasteiger partial charge in [-0.25, -0.2) is 0 Å². The van der Waals surface area contributed by atoms with Gasteiger partial charge < -0.3 is 5.11 Å². The summed E-state index contributed by atoms with van der Waals surface area (Å²) in [6, 6.07) is 15.4. The smallest absolute Gasteiger partial charge is 0.303 e. The lowest BCUT2D eigenvalue weighted by Crippen LogP contribution is -2.25. The zero-order chi connectivity index (χ0) is 14.8. The molecule has 2 unspecified atom stereocenters. The van der Waals surface area contributed by atoms with Gasteiger partial charge in [0.25, 0.3) is 0 Å². The zero-order valence-electron chi connectivity index (χ0n) is 12.3. The van der Waals surface area contributed by atoms with Crippen LogP contribution in [0.3, 0.4) is 0 Å². The van der Waals surface area contributed by atoms with Crippen molar-refractivity contribution in [3.63, 3.8) is 0 Å².